The van der Waals surface area contributed by atoms with Crippen molar-refractivity contribution >= 4 is 24.6 Å². The maximum absolute atomic E-state index is 11.3. The fraction of sp³-hybridized carbons (Fsp3) is 0.500. The molecule has 0 N–H and O–H groups in total. The highest BCUT2D eigenvalue weighted by molar-refractivity contribution is 7.79. The molecule has 1 aliphatic heterocycles. The molecule has 0 spiro atoms. The first-order chi connectivity index (χ1) is 5.72. The lowest BCUT2D eigenvalue weighted by atomic mass is 9.93. The summed E-state index contributed by atoms with van der Waals surface area (Å²) in [5.74, 6) is -0.420. The second-order valence-electron chi connectivity index (χ2n) is 3.09. The van der Waals surface area contributed by atoms with Gasteiger partial charge in [0.15, 0.2) is 0 Å². The van der Waals surface area contributed by atoms with Gasteiger partial charge in [-0.3, -0.25) is 9.59 Å². The second-order valence-corrected chi connectivity index (χ2v) is 3.49. The van der Waals surface area contributed by atoms with E-state index in [2.05, 4.69) is 12.8 Å². The molecule has 0 fully saturated rings. The molecule has 1 heterocycles. The molecule has 3 nitrogen and oxygen atoms in total. The summed E-state index contributed by atoms with van der Waals surface area (Å²) in [7, 11) is 0. The molecule has 2 rings (SSSR count). The molecule has 64 valence electrons. The van der Waals surface area contributed by atoms with Crippen LogP contribution in [0.15, 0.2) is 11.1 Å². The van der Waals surface area contributed by atoms with E-state index in [1.165, 1.54) is 0 Å². The average Bonchev–Trinajstić information content (AvgIpc) is 2.33. The van der Waals surface area contributed by atoms with E-state index in [9.17, 15) is 9.59 Å². The topological polar surface area (TPSA) is 37.4 Å². The predicted molar refractivity (Wildman–Crippen MR) is 46.3 cm³/mol. The van der Waals surface area contributed by atoms with Crippen LogP contribution in [0, 0.1) is 0 Å². The Bertz CT molecular complexity index is 267. The largest absolute Gasteiger partial charge is 0.268 e. The summed E-state index contributed by atoms with van der Waals surface area (Å²) in [5.41, 5.74) is 1.39. The molecule has 12 heavy (non-hydrogen) atoms. The van der Waals surface area contributed by atoms with Crippen LogP contribution in [-0.4, -0.2) is 16.1 Å². The van der Waals surface area contributed by atoms with Crippen molar-refractivity contribution in [3.05, 3.63) is 11.1 Å². The summed E-state index contributed by atoms with van der Waals surface area (Å²) in [6.07, 6.45) is 3.52. The van der Waals surface area contributed by atoms with Gasteiger partial charge in [0, 0.05) is 11.1 Å². The van der Waals surface area contributed by atoms with Crippen molar-refractivity contribution < 1.29 is 9.59 Å². The number of nitrogens with zero attached hydrogens (tertiary/aromatic N) is 1. The van der Waals surface area contributed by atoms with E-state index in [1.54, 1.807) is 0 Å². The third-order valence-electron chi connectivity index (χ3n) is 2.37. The highest BCUT2D eigenvalue weighted by atomic mass is 32.1. The quantitative estimate of drug-likeness (QED) is 0.450. The Morgan fingerprint density at radius 1 is 1.00 bits per heavy atom. The Hall–Kier alpha value is -0.770. The number of hydrogen-bond donors (Lipinski definition) is 1. The number of carbonyl (C=O) groups is 2. The van der Waals surface area contributed by atoms with Crippen molar-refractivity contribution in [3.63, 3.8) is 0 Å². The van der Waals surface area contributed by atoms with Gasteiger partial charge < -0.3 is 0 Å². The van der Waals surface area contributed by atoms with Gasteiger partial charge in [-0.15, -0.1) is 0 Å². The fourth-order valence-corrected chi connectivity index (χ4v) is 1.97. The molecule has 0 atom stereocenters. The highest BCUT2D eigenvalue weighted by Gasteiger charge is 2.36. The molecule has 0 saturated carbocycles. The van der Waals surface area contributed by atoms with Crippen molar-refractivity contribution in [2.75, 3.05) is 0 Å². The van der Waals surface area contributed by atoms with Gasteiger partial charge in [-0.05, 0) is 25.7 Å². The minimum Gasteiger partial charge on any atom is -0.268 e. The lowest BCUT2D eigenvalue weighted by Gasteiger charge is -2.08. The van der Waals surface area contributed by atoms with Gasteiger partial charge in [-0.2, -0.15) is 0 Å². The third-order valence-corrected chi connectivity index (χ3v) is 2.73. The smallest absolute Gasteiger partial charge is 0.267 e. The molecule has 4 heteroatoms. The summed E-state index contributed by atoms with van der Waals surface area (Å²) < 4.78 is 0.927. The van der Waals surface area contributed by atoms with Crippen LogP contribution in [0.3, 0.4) is 0 Å². The first-order valence-corrected chi connectivity index (χ1v) is 4.41. The van der Waals surface area contributed by atoms with Gasteiger partial charge >= 0.3 is 0 Å². The number of hydrogen-bond acceptors (Lipinski definition) is 3. The second kappa shape index (κ2) is 2.62. The van der Waals surface area contributed by atoms with Crippen LogP contribution >= 0.6 is 12.8 Å². The van der Waals surface area contributed by atoms with Gasteiger partial charge in [0.1, 0.15) is 0 Å². The molecule has 0 unspecified atom stereocenters. The van der Waals surface area contributed by atoms with Crippen LogP contribution in [-0.2, 0) is 9.59 Å². The predicted octanol–water partition coefficient (Wildman–Crippen LogP) is 1.07. The van der Waals surface area contributed by atoms with E-state index in [-0.39, 0.29) is 11.8 Å². The van der Waals surface area contributed by atoms with Gasteiger partial charge in [0.05, 0.1) is 0 Å². The summed E-state index contributed by atoms with van der Waals surface area (Å²) in [5, 5.41) is 0. The van der Waals surface area contributed by atoms with Crippen molar-refractivity contribution in [2.45, 2.75) is 25.7 Å². The molecular weight excluding hydrogens is 174 g/mol. The molecule has 2 aliphatic rings. The Labute approximate surface area is 76.0 Å². The lowest BCUT2D eigenvalue weighted by molar-refractivity contribution is -0.131. The monoisotopic (exact) mass is 183 g/mol. The van der Waals surface area contributed by atoms with E-state index >= 15 is 0 Å². The number of thiol groups is 1. The molecule has 0 aromatic rings. The van der Waals surface area contributed by atoms with E-state index in [0.717, 1.165) is 30.0 Å². The number of imide groups is 1. The summed E-state index contributed by atoms with van der Waals surface area (Å²) in [6, 6.07) is 0. The Morgan fingerprint density at radius 2 is 1.42 bits per heavy atom. The summed E-state index contributed by atoms with van der Waals surface area (Å²) in [4.78, 5) is 22.6. The van der Waals surface area contributed by atoms with E-state index < -0.39 is 0 Å². The van der Waals surface area contributed by atoms with Crippen LogP contribution in [0.4, 0.5) is 0 Å². The molecule has 0 aromatic carbocycles. The molecule has 2 amide bonds. The molecule has 0 bridgehead atoms. The normalized spacial score (nSPS) is 23.6. The maximum atomic E-state index is 11.3. The molecule has 0 aromatic heterocycles. The van der Waals surface area contributed by atoms with E-state index in [1.807, 2.05) is 0 Å². The Morgan fingerprint density at radius 3 is 1.83 bits per heavy atom. The minimum absolute atomic E-state index is 0.210. The summed E-state index contributed by atoms with van der Waals surface area (Å²) in [6.45, 7) is 0. The van der Waals surface area contributed by atoms with Crippen molar-refractivity contribution in [1.82, 2.24) is 4.31 Å². The molecular formula is C8H9NO2S. The van der Waals surface area contributed by atoms with Crippen molar-refractivity contribution in [2.24, 2.45) is 0 Å². The van der Waals surface area contributed by atoms with Crippen LogP contribution in [0.2, 0.25) is 0 Å². The fourth-order valence-electron chi connectivity index (χ4n) is 1.73. The lowest BCUT2D eigenvalue weighted by Crippen LogP contribution is -2.21. The zero-order valence-electron chi connectivity index (χ0n) is 6.54. The molecule has 1 aliphatic carbocycles. The van der Waals surface area contributed by atoms with Gasteiger partial charge in [0.25, 0.3) is 11.8 Å². The molecule has 0 saturated heterocycles. The van der Waals surface area contributed by atoms with Crippen LogP contribution < -0.4 is 0 Å². The van der Waals surface area contributed by atoms with E-state index in [4.69, 9.17) is 0 Å². The highest BCUT2D eigenvalue weighted by Crippen LogP contribution is 2.33. The van der Waals surface area contributed by atoms with Crippen LogP contribution in [0.1, 0.15) is 25.7 Å². The van der Waals surface area contributed by atoms with Crippen LogP contribution in [0.25, 0.3) is 0 Å². The zero-order chi connectivity index (χ0) is 8.72. The first kappa shape index (κ1) is 7.86. The van der Waals surface area contributed by atoms with Gasteiger partial charge in [0.2, 0.25) is 0 Å². The van der Waals surface area contributed by atoms with Crippen molar-refractivity contribution in [1.29, 1.82) is 0 Å². The third kappa shape index (κ3) is 0.909. The number of rotatable bonds is 0. The zero-order valence-corrected chi connectivity index (χ0v) is 7.43. The van der Waals surface area contributed by atoms with Crippen LogP contribution in [0.5, 0.6) is 0 Å². The summed E-state index contributed by atoms with van der Waals surface area (Å²) >= 11 is 3.83. The average molecular weight is 183 g/mol. The minimum atomic E-state index is -0.210. The van der Waals surface area contributed by atoms with Gasteiger partial charge in [-0.1, -0.05) is 12.8 Å². The maximum Gasteiger partial charge on any atom is 0.267 e. The first-order valence-electron chi connectivity index (χ1n) is 4.01. The molecule has 0 radical (unpaired) electrons. The number of amides is 2. The SMILES string of the molecule is O=C1C2=C(CCCC2)C(=O)N1S. The Balaban J connectivity index is 2.41. The standard InChI is InChI=1S/C8H9NO2S/c10-7-5-3-1-2-4-6(5)8(11)9(7)12/h12H,1-4H2. The Kier molecular flexibility index (Phi) is 1.72. The van der Waals surface area contributed by atoms with Crippen molar-refractivity contribution in [3.8, 4) is 0 Å². The number of carbonyl (C=O) groups excluding carboxylic acids is 2. The van der Waals surface area contributed by atoms with E-state index in [0.29, 0.717) is 11.1 Å². The van der Waals surface area contributed by atoms with Gasteiger partial charge in [-0.25, -0.2) is 4.31 Å².